The molecule has 0 saturated heterocycles. The minimum absolute atomic E-state index is 0.0109. The van der Waals surface area contributed by atoms with Gasteiger partial charge in [0.25, 0.3) is 5.91 Å². The van der Waals surface area contributed by atoms with Crippen LogP contribution in [0.5, 0.6) is 0 Å². The maximum Gasteiger partial charge on any atom is 0.251 e. The summed E-state index contributed by atoms with van der Waals surface area (Å²) in [6.07, 6.45) is 4.92. The van der Waals surface area contributed by atoms with Gasteiger partial charge in [0.15, 0.2) is 0 Å². The molecule has 1 amide bonds. The molecule has 104 valence electrons. The van der Waals surface area contributed by atoms with Crippen molar-refractivity contribution >= 4 is 33.4 Å². The van der Waals surface area contributed by atoms with Gasteiger partial charge in [-0.15, -0.1) is 0 Å². The molecular formula is C14H17BrClNO2. The van der Waals surface area contributed by atoms with Gasteiger partial charge in [0, 0.05) is 10.0 Å². The molecule has 0 unspecified atom stereocenters. The summed E-state index contributed by atoms with van der Waals surface area (Å²) in [5, 5.41) is 13.1. The van der Waals surface area contributed by atoms with Crippen molar-refractivity contribution in [2.75, 3.05) is 6.61 Å². The van der Waals surface area contributed by atoms with Gasteiger partial charge in [-0.25, -0.2) is 0 Å². The maximum atomic E-state index is 12.2. The molecule has 0 atom stereocenters. The van der Waals surface area contributed by atoms with Crippen molar-refractivity contribution in [3.05, 3.63) is 33.3 Å². The van der Waals surface area contributed by atoms with Crippen LogP contribution in [-0.2, 0) is 0 Å². The first-order chi connectivity index (χ1) is 9.06. The molecule has 19 heavy (non-hydrogen) atoms. The Balaban J connectivity index is 2.12. The molecule has 0 bridgehead atoms. The van der Waals surface area contributed by atoms with Gasteiger partial charge in [0.05, 0.1) is 17.2 Å². The Morgan fingerprint density at radius 3 is 2.63 bits per heavy atom. The number of rotatable bonds is 3. The number of benzene rings is 1. The second kappa shape index (κ2) is 6.25. The predicted molar refractivity (Wildman–Crippen MR) is 79.5 cm³/mol. The standard InChI is InChI=1S/C14H17BrClNO2/c15-11-5-4-10(8-12(11)16)13(19)17-14(9-18)6-2-1-3-7-14/h4-5,8,18H,1-3,6-7,9H2,(H,17,19). The molecule has 1 fully saturated rings. The molecule has 5 heteroatoms. The largest absolute Gasteiger partial charge is 0.394 e. The first kappa shape index (κ1) is 14.8. The van der Waals surface area contributed by atoms with Crippen LogP contribution < -0.4 is 5.32 Å². The van der Waals surface area contributed by atoms with Crippen molar-refractivity contribution in [2.24, 2.45) is 0 Å². The lowest BCUT2D eigenvalue weighted by Gasteiger charge is -2.36. The SMILES string of the molecule is O=C(NC1(CO)CCCCC1)c1ccc(Br)c(Cl)c1. The Labute approximate surface area is 126 Å². The number of aliphatic hydroxyl groups excluding tert-OH is 1. The Morgan fingerprint density at radius 1 is 1.37 bits per heavy atom. The Bertz CT molecular complexity index is 473. The van der Waals surface area contributed by atoms with E-state index in [1.54, 1.807) is 18.2 Å². The van der Waals surface area contributed by atoms with Gasteiger partial charge in [-0.05, 0) is 47.0 Å². The van der Waals surface area contributed by atoms with E-state index >= 15 is 0 Å². The molecule has 3 nitrogen and oxygen atoms in total. The fourth-order valence-corrected chi connectivity index (χ4v) is 2.93. The number of carbonyl (C=O) groups is 1. The van der Waals surface area contributed by atoms with Gasteiger partial charge >= 0.3 is 0 Å². The summed E-state index contributed by atoms with van der Waals surface area (Å²) in [4.78, 5) is 12.2. The Kier molecular flexibility index (Phi) is 4.87. The van der Waals surface area contributed by atoms with Gasteiger partial charge in [0.1, 0.15) is 0 Å². The van der Waals surface area contributed by atoms with Crippen LogP contribution in [0.4, 0.5) is 0 Å². The third-order valence-electron chi connectivity index (χ3n) is 3.67. The number of aliphatic hydroxyl groups is 1. The van der Waals surface area contributed by atoms with Crippen molar-refractivity contribution < 1.29 is 9.90 Å². The lowest BCUT2D eigenvalue weighted by molar-refractivity contribution is 0.0758. The Morgan fingerprint density at radius 2 is 2.05 bits per heavy atom. The zero-order chi connectivity index (χ0) is 13.9. The summed E-state index contributed by atoms with van der Waals surface area (Å²) < 4.78 is 0.764. The van der Waals surface area contributed by atoms with Crippen molar-refractivity contribution in [2.45, 2.75) is 37.6 Å². The molecule has 0 radical (unpaired) electrons. The smallest absolute Gasteiger partial charge is 0.251 e. The topological polar surface area (TPSA) is 49.3 Å². The molecule has 0 aromatic heterocycles. The van der Waals surface area contributed by atoms with E-state index in [-0.39, 0.29) is 12.5 Å². The summed E-state index contributed by atoms with van der Waals surface area (Å²) >= 11 is 9.29. The summed E-state index contributed by atoms with van der Waals surface area (Å²) in [7, 11) is 0. The molecule has 2 rings (SSSR count). The zero-order valence-electron chi connectivity index (χ0n) is 10.6. The van der Waals surface area contributed by atoms with E-state index < -0.39 is 5.54 Å². The molecule has 1 aromatic carbocycles. The molecule has 0 spiro atoms. The fourth-order valence-electron chi connectivity index (χ4n) is 2.50. The second-order valence-electron chi connectivity index (χ2n) is 5.08. The minimum Gasteiger partial charge on any atom is -0.394 e. The number of hydrogen-bond acceptors (Lipinski definition) is 2. The van der Waals surface area contributed by atoms with Crippen LogP contribution in [0, 0.1) is 0 Å². The highest BCUT2D eigenvalue weighted by Gasteiger charge is 2.33. The first-order valence-electron chi connectivity index (χ1n) is 6.45. The molecular weight excluding hydrogens is 330 g/mol. The lowest BCUT2D eigenvalue weighted by atomic mass is 9.82. The summed E-state index contributed by atoms with van der Waals surface area (Å²) in [5.74, 6) is -0.176. The number of amides is 1. The van der Waals surface area contributed by atoms with Gasteiger partial charge in [-0.1, -0.05) is 30.9 Å². The Hall–Kier alpha value is -0.580. The number of nitrogens with one attached hydrogen (secondary N) is 1. The molecule has 2 N–H and O–H groups in total. The van der Waals surface area contributed by atoms with Gasteiger partial charge in [-0.2, -0.15) is 0 Å². The maximum absolute atomic E-state index is 12.2. The van der Waals surface area contributed by atoms with Crippen LogP contribution in [0.3, 0.4) is 0 Å². The first-order valence-corrected chi connectivity index (χ1v) is 7.62. The third kappa shape index (κ3) is 3.50. The van der Waals surface area contributed by atoms with Crippen LogP contribution in [0.25, 0.3) is 0 Å². The highest BCUT2D eigenvalue weighted by Crippen LogP contribution is 2.29. The quantitative estimate of drug-likeness (QED) is 0.879. The van der Waals surface area contributed by atoms with Gasteiger partial charge in [0.2, 0.25) is 0 Å². The van der Waals surface area contributed by atoms with Crippen LogP contribution in [0.2, 0.25) is 5.02 Å². The normalized spacial score (nSPS) is 18.1. The average molecular weight is 347 g/mol. The van der Waals surface area contributed by atoms with E-state index in [0.717, 1.165) is 30.2 Å². The third-order valence-corrected chi connectivity index (χ3v) is 4.91. The number of carbonyl (C=O) groups excluding carboxylic acids is 1. The average Bonchev–Trinajstić information content (AvgIpc) is 2.43. The van der Waals surface area contributed by atoms with Crippen LogP contribution >= 0.6 is 27.5 Å². The summed E-state index contributed by atoms with van der Waals surface area (Å²) in [5.41, 5.74) is 0.0566. The molecule has 1 aliphatic carbocycles. The molecule has 1 aliphatic rings. The highest BCUT2D eigenvalue weighted by molar-refractivity contribution is 9.10. The number of halogens is 2. The van der Waals surface area contributed by atoms with E-state index in [4.69, 9.17) is 11.6 Å². The summed E-state index contributed by atoms with van der Waals surface area (Å²) in [6, 6.07) is 5.11. The highest BCUT2D eigenvalue weighted by atomic mass is 79.9. The number of hydrogen-bond donors (Lipinski definition) is 2. The zero-order valence-corrected chi connectivity index (χ0v) is 12.9. The van der Waals surface area contributed by atoms with Crippen molar-refractivity contribution in [1.29, 1.82) is 0 Å². The van der Waals surface area contributed by atoms with Gasteiger partial charge in [-0.3, -0.25) is 4.79 Å². The van der Waals surface area contributed by atoms with E-state index in [2.05, 4.69) is 21.2 Å². The van der Waals surface area contributed by atoms with E-state index in [0.29, 0.717) is 10.6 Å². The van der Waals surface area contributed by atoms with Crippen LogP contribution in [0.1, 0.15) is 42.5 Å². The molecule has 0 aliphatic heterocycles. The monoisotopic (exact) mass is 345 g/mol. The van der Waals surface area contributed by atoms with Crippen molar-refractivity contribution in [3.8, 4) is 0 Å². The predicted octanol–water partition coefficient (Wildman–Crippen LogP) is 3.53. The lowest BCUT2D eigenvalue weighted by Crippen LogP contribution is -2.52. The van der Waals surface area contributed by atoms with E-state index in [9.17, 15) is 9.90 Å². The molecule has 1 saturated carbocycles. The van der Waals surface area contributed by atoms with E-state index in [1.165, 1.54) is 6.42 Å². The van der Waals surface area contributed by atoms with Gasteiger partial charge < -0.3 is 10.4 Å². The second-order valence-corrected chi connectivity index (χ2v) is 6.34. The molecule has 0 heterocycles. The minimum atomic E-state index is -0.463. The van der Waals surface area contributed by atoms with Crippen LogP contribution in [-0.4, -0.2) is 23.2 Å². The molecule has 1 aromatic rings. The van der Waals surface area contributed by atoms with E-state index in [1.807, 2.05) is 0 Å². The summed E-state index contributed by atoms with van der Waals surface area (Å²) in [6.45, 7) is -0.0109. The van der Waals surface area contributed by atoms with Crippen molar-refractivity contribution in [1.82, 2.24) is 5.32 Å². The van der Waals surface area contributed by atoms with Crippen molar-refractivity contribution in [3.63, 3.8) is 0 Å². The van der Waals surface area contributed by atoms with Crippen LogP contribution in [0.15, 0.2) is 22.7 Å². The fraction of sp³-hybridized carbons (Fsp3) is 0.500.